The Bertz CT molecular complexity index is 1190. The van der Waals surface area contributed by atoms with Crippen molar-refractivity contribution in [1.82, 2.24) is 14.7 Å². The molecule has 1 fully saturated rings. The van der Waals surface area contributed by atoms with Crippen LogP contribution >= 0.6 is 0 Å². The second-order valence-electron chi connectivity index (χ2n) is 8.45. The summed E-state index contributed by atoms with van der Waals surface area (Å²) in [6, 6.07) is 14.6. The van der Waals surface area contributed by atoms with Crippen molar-refractivity contribution in [2.75, 3.05) is 18.6 Å². The van der Waals surface area contributed by atoms with Gasteiger partial charge in [0, 0.05) is 18.9 Å². The molecule has 2 atom stereocenters. The van der Waals surface area contributed by atoms with E-state index in [1.807, 2.05) is 85.3 Å². The van der Waals surface area contributed by atoms with Gasteiger partial charge in [0.2, 0.25) is 5.96 Å². The predicted octanol–water partition coefficient (Wildman–Crippen LogP) is 3.54. The summed E-state index contributed by atoms with van der Waals surface area (Å²) in [6.45, 7) is 6.68. The van der Waals surface area contributed by atoms with Gasteiger partial charge < -0.3 is 14.5 Å². The summed E-state index contributed by atoms with van der Waals surface area (Å²) in [5, 5.41) is 0. The number of imide groups is 1. The van der Waals surface area contributed by atoms with Crippen molar-refractivity contribution in [3.05, 3.63) is 71.6 Å². The lowest BCUT2D eigenvalue weighted by atomic mass is 10.1. The van der Waals surface area contributed by atoms with Crippen LogP contribution in [0.25, 0.3) is 0 Å². The van der Waals surface area contributed by atoms with E-state index in [0.717, 1.165) is 28.3 Å². The zero-order valence-electron chi connectivity index (χ0n) is 19.2. The van der Waals surface area contributed by atoms with Gasteiger partial charge >= 0.3 is 6.03 Å². The fourth-order valence-electron chi connectivity index (χ4n) is 4.67. The molecule has 0 spiro atoms. The first-order chi connectivity index (χ1) is 15.9. The molecule has 170 valence electrons. The summed E-state index contributed by atoms with van der Waals surface area (Å²) in [7, 11) is 1.71. The van der Waals surface area contributed by atoms with Crippen molar-refractivity contribution < 1.29 is 14.3 Å². The van der Waals surface area contributed by atoms with Crippen LogP contribution in [0.5, 0.6) is 5.75 Å². The maximum atomic E-state index is 13.6. The monoisotopic (exact) mass is 445 g/mol. The van der Waals surface area contributed by atoms with Crippen molar-refractivity contribution in [3.8, 4) is 5.75 Å². The number of aryl methyl sites for hydroxylation is 1. The molecular formula is C25H27N5O3. The number of carbonyl (C=O) groups excluding carboxylic acids is 2. The highest BCUT2D eigenvalue weighted by atomic mass is 16.5. The minimum atomic E-state index is -0.606. The number of ether oxygens (including phenoxy) is 1. The number of likely N-dealkylation sites (N-methyl/N-ethyl adjacent to an activating group) is 1. The first-order valence-corrected chi connectivity index (χ1v) is 11.1. The molecule has 8 nitrogen and oxygen atoms in total. The van der Waals surface area contributed by atoms with Crippen LogP contribution in [0.1, 0.15) is 25.0 Å². The van der Waals surface area contributed by atoms with Crippen LogP contribution < -0.4 is 9.64 Å². The van der Waals surface area contributed by atoms with E-state index in [2.05, 4.69) is 0 Å². The standard InChI is InChI=1S/C25H27N5O3/c1-5-33-20-13-9-8-12-19(20)30-17(3)14-28-21-22(26-24(28)30)27(4)25(32)29(23(21)31)15-18-11-7-6-10-16(18)2/h6-14,21-22H,5,15H2,1-4H3. The molecule has 0 N–H and O–H groups in total. The molecule has 0 saturated carbocycles. The van der Waals surface area contributed by atoms with E-state index < -0.39 is 12.2 Å². The number of nitrogens with zero attached hydrogens (tertiary/aromatic N) is 5. The van der Waals surface area contributed by atoms with Gasteiger partial charge in [0.15, 0.2) is 12.2 Å². The van der Waals surface area contributed by atoms with Crippen molar-refractivity contribution >= 4 is 23.6 Å². The number of benzene rings is 2. The van der Waals surface area contributed by atoms with Gasteiger partial charge in [-0.2, -0.15) is 0 Å². The van der Waals surface area contributed by atoms with Gasteiger partial charge in [0.25, 0.3) is 5.91 Å². The van der Waals surface area contributed by atoms with Gasteiger partial charge in [-0.05, 0) is 44.0 Å². The van der Waals surface area contributed by atoms with Crippen LogP contribution in [0, 0.1) is 6.92 Å². The average molecular weight is 446 g/mol. The molecule has 1 saturated heterocycles. The first kappa shape index (κ1) is 21.1. The lowest BCUT2D eigenvalue weighted by Gasteiger charge is -2.40. The van der Waals surface area contributed by atoms with Gasteiger partial charge in [-0.15, -0.1) is 0 Å². The zero-order chi connectivity index (χ0) is 23.3. The fourth-order valence-corrected chi connectivity index (χ4v) is 4.67. The van der Waals surface area contributed by atoms with E-state index >= 15 is 0 Å². The SMILES string of the molecule is CCOc1ccccc1N1C(C)=CN2C1=NC1C2C(=O)N(Cc2ccccc2C)C(=O)N1C. The summed E-state index contributed by atoms with van der Waals surface area (Å²) in [6.07, 6.45) is 1.35. The molecule has 0 bridgehead atoms. The number of carbonyl (C=O) groups is 2. The Morgan fingerprint density at radius 2 is 1.76 bits per heavy atom. The second-order valence-corrected chi connectivity index (χ2v) is 8.45. The third kappa shape index (κ3) is 3.25. The number of para-hydroxylation sites is 2. The second kappa shape index (κ2) is 7.95. The molecule has 2 aromatic carbocycles. The Kier molecular flexibility index (Phi) is 5.08. The Balaban J connectivity index is 1.49. The fraction of sp³-hybridized carbons (Fsp3) is 0.320. The quantitative estimate of drug-likeness (QED) is 0.704. The molecule has 0 radical (unpaired) electrons. The Hall–Kier alpha value is -3.81. The topological polar surface area (TPSA) is 68.7 Å². The lowest BCUT2D eigenvalue weighted by Crippen LogP contribution is -2.63. The first-order valence-electron chi connectivity index (χ1n) is 11.1. The molecule has 33 heavy (non-hydrogen) atoms. The number of amides is 3. The number of rotatable bonds is 5. The van der Waals surface area contributed by atoms with Crippen molar-refractivity contribution in [2.24, 2.45) is 4.99 Å². The van der Waals surface area contributed by atoms with Crippen LogP contribution in [0.3, 0.4) is 0 Å². The molecular weight excluding hydrogens is 418 g/mol. The van der Waals surface area contributed by atoms with E-state index in [4.69, 9.17) is 9.73 Å². The van der Waals surface area contributed by atoms with Crippen LogP contribution in [0.4, 0.5) is 10.5 Å². The maximum Gasteiger partial charge on any atom is 0.328 e. The minimum absolute atomic E-state index is 0.237. The number of hydrogen-bond donors (Lipinski definition) is 0. The van der Waals surface area contributed by atoms with Crippen LogP contribution in [-0.4, -0.2) is 58.5 Å². The van der Waals surface area contributed by atoms with Gasteiger partial charge in [0.1, 0.15) is 5.75 Å². The van der Waals surface area contributed by atoms with Gasteiger partial charge in [0.05, 0.1) is 18.8 Å². The molecule has 3 amide bonds. The molecule has 0 aromatic heterocycles. The number of guanidine groups is 1. The average Bonchev–Trinajstić information content (AvgIpc) is 3.32. The molecule has 3 heterocycles. The molecule has 2 unspecified atom stereocenters. The van der Waals surface area contributed by atoms with Crippen LogP contribution in [0.15, 0.2) is 65.4 Å². The van der Waals surface area contributed by atoms with Crippen molar-refractivity contribution in [2.45, 2.75) is 39.5 Å². The number of aliphatic imine (C=N–C) groups is 1. The molecule has 8 heteroatoms. The number of allylic oxidation sites excluding steroid dienone is 1. The summed E-state index contributed by atoms with van der Waals surface area (Å²) < 4.78 is 5.84. The Morgan fingerprint density at radius 3 is 2.52 bits per heavy atom. The van der Waals surface area contributed by atoms with Gasteiger partial charge in [-0.1, -0.05) is 36.4 Å². The zero-order valence-corrected chi connectivity index (χ0v) is 19.2. The minimum Gasteiger partial charge on any atom is -0.492 e. The summed E-state index contributed by atoms with van der Waals surface area (Å²) in [5.74, 6) is 1.12. The normalized spacial score (nSPS) is 21.8. The summed E-state index contributed by atoms with van der Waals surface area (Å²) >= 11 is 0. The van der Waals surface area contributed by atoms with E-state index in [1.165, 1.54) is 4.90 Å². The number of fused-ring (bicyclic) bond motifs is 3. The highest BCUT2D eigenvalue weighted by Crippen LogP contribution is 2.40. The van der Waals surface area contributed by atoms with E-state index in [-0.39, 0.29) is 18.5 Å². The summed E-state index contributed by atoms with van der Waals surface area (Å²) in [5.41, 5.74) is 3.77. The predicted molar refractivity (Wildman–Crippen MR) is 126 cm³/mol. The highest BCUT2D eigenvalue weighted by Gasteiger charge is 2.54. The largest absolute Gasteiger partial charge is 0.492 e. The third-order valence-electron chi connectivity index (χ3n) is 6.38. The lowest BCUT2D eigenvalue weighted by molar-refractivity contribution is -0.137. The smallest absolute Gasteiger partial charge is 0.328 e. The number of anilines is 1. The molecule has 0 aliphatic carbocycles. The third-order valence-corrected chi connectivity index (χ3v) is 6.38. The Morgan fingerprint density at radius 1 is 1.03 bits per heavy atom. The number of hydrogen-bond acceptors (Lipinski definition) is 6. The van der Waals surface area contributed by atoms with Crippen LogP contribution in [-0.2, 0) is 11.3 Å². The molecule has 3 aliphatic rings. The van der Waals surface area contributed by atoms with Crippen molar-refractivity contribution in [1.29, 1.82) is 0 Å². The van der Waals surface area contributed by atoms with E-state index in [0.29, 0.717) is 12.6 Å². The van der Waals surface area contributed by atoms with Gasteiger partial charge in [-0.3, -0.25) is 14.6 Å². The molecule has 2 aromatic rings. The molecule has 3 aliphatic heterocycles. The molecule has 5 rings (SSSR count). The van der Waals surface area contributed by atoms with E-state index in [9.17, 15) is 9.59 Å². The van der Waals surface area contributed by atoms with Crippen molar-refractivity contribution in [3.63, 3.8) is 0 Å². The Labute approximate surface area is 193 Å². The number of urea groups is 1. The van der Waals surface area contributed by atoms with E-state index in [1.54, 1.807) is 11.9 Å². The van der Waals surface area contributed by atoms with Crippen LogP contribution in [0.2, 0.25) is 0 Å². The highest BCUT2D eigenvalue weighted by molar-refractivity contribution is 6.10. The van der Waals surface area contributed by atoms with Gasteiger partial charge in [-0.25, -0.2) is 9.79 Å². The maximum absolute atomic E-state index is 13.6. The summed E-state index contributed by atoms with van der Waals surface area (Å²) in [4.78, 5) is 38.4.